The first-order valence-corrected chi connectivity index (χ1v) is 8.33. The number of aromatic nitrogens is 4. The van der Waals surface area contributed by atoms with Crippen LogP contribution in [0, 0.1) is 0 Å². The summed E-state index contributed by atoms with van der Waals surface area (Å²) in [5.74, 6) is 1.63. The maximum absolute atomic E-state index is 5.87. The quantitative estimate of drug-likeness (QED) is 0.644. The van der Waals surface area contributed by atoms with Gasteiger partial charge in [-0.05, 0) is 46.5 Å². The molecular weight excluding hydrogens is 328 g/mol. The zero-order valence-electron chi connectivity index (χ0n) is 13.2. The highest BCUT2D eigenvalue weighted by Crippen LogP contribution is 2.29. The molecule has 3 N–H and O–H groups in total. The minimum absolute atomic E-state index is 0.205. The van der Waals surface area contributed by atoms with Crippen molar-refractivity contribution >= 4 is 17.3 Å². The SMILES string of the molecule is CCOc1cc(CNn2nnnc2N)ccc1OCc1cccs1. The van der Waals surface area contributed by atoms with Crippen molar-refractivity contribution in [2.75, 3.05) is 17.8 Å². The molecule has 0 radical (unpaired) electrons. The van der Waals surface area contributed by atoms with E-state index in [1.54, 1.807) is 11.3 Å². The van der Waals surface area contributed by atoms with E-state index < -0.39 is 0 Å². The number of nitrogens with one attached hydrogen (secondary N) is 1. The van der Waals surface area contributed by atoms with Crippen molar-refractivity contribution in [1.82, 2.24) is 20.3 Å². The summed E-state index contributed by atoms with van der Waals surface area (Å²) in [6, 6.07) is 9.84. The van der Waals surface area contributed by atoms with Crippen LogP contribution in [0.5, 0.6) is 11.5 Å². The van der Waals surface area contributed by atoms with E-state index in [1.165, 1.54) is 4.79 Å². The minimum Gasteiger partial charge on any atom is -0.490 e. The zero-order chi connectivity index (χ0) is 16.8. The number of thiophene rings is 1. The van der Waals surface area contributed by atoms with Crippen LogP contribution in [0.3, 0.4) is 0 Å². The molecule has 1 aromatic carbocycles. The molecule has 8 nitrogen and oxygen atoms in total. The summed E-state index contributed by atoms with van der Waals surface area (Å²) in [4.78, 5) is 2.49. The maximum atomic E-state index is 5.87. The first kappa shape index (κ1) is 16.1. The third kappa shape index (κ3) is 3.93. The lowest BCUT2D eigenvalue weighted by Crippen LogP contribution is -2.18. The van der Waals surface area contributed by atoms with Crippen molar-refractivity contribution in [2.24, 2.45) is 0 Å². The normalized spacial score (nSPS) is 10.5. The van der Waals surface area contributed by atoms with E-state index in [-0.39, 0.29) is 5.95 Å². The van der Waals surface area contributed by atoms with Crippen LogP contribution in [0.25, 0.3) is 0 Å². The van der Waals surface area contributed by atoms with Gasteiger partial charge in [-0.15, -0.1) is 16.1 Å². The van der Waals surface area contributed by atoms with Gasteiger partial charge in [0.1, 0.15) is 6.61 Å². The smallest absolute Gasteiger partial charge is 0.260 e. The van der Waals surface area contributed by atoms with Crippen molar-refractivity contribution in [2.45, 2.75) is 20.1 Å². The summed E-state index contributed by atoms with van der Waals surface area (Å²) >= 11 is 1.66. The number of benzene rings is 1. The van der Waals surface area contributed by atoms with Crippen LogP contribution < -0.4 is 20.6 Å². The van der Waals surface area contributed by atoms with Crippen molar-refractivity contribution in [1.29, 1.82) is 0 Å². The van der Waals surface area contributed by atoms with Gasteiger partial charge in [0.25, 0.3) is 5.95 Å². The molecule has 0 bridgehead atoms. The number of nitrogen functional groups attached to an aromatic ring is 1. The lowest BCUT2D eigenvalue weighted by molar-refractivity contribution is 0.271. The second kappa shape index (κ2) is 7.64. The average molecular weight is 346 g/mol. The van der Waals surface area contributed by atoms with Gasteiger partial charge in [-0.2, -0.15) is 0 Å². The van der Waals surface area contributed by atoms with E-state index in [0.717, 1.165) is 16.2 Å². The van der Waals surface area contributed by atoms with E-state index in [0.29, 0.717) is 25.5 Å². The van der Waals surface area contributed by atoms with E-state index >= 15 is 0 Å². The fourth-order valence-electron chi connectivity index (χ4n) is 2.07. The lowest BCUT2D eigenvalue weighted by Gasteiger charge is -2.13. The molecule has 126 valence electrons. The monoisotopic (exact) mass is 346 g/mol. The molecule has 3 aromatic rings. The van der Waals surface area contributed by atoms with Crippen molar-refractivity contribution < 1.29 is 9.47 Å². The van der Waals surface area contributed by atoms with E-state index in [4.69, 9.17) is 15.2 Å². The number of tetrazole rings is 1. The van der Waals surface area contributed by atoms with Gasteiger partial charge in [0.2, 0.25) is 0 Å². The molecule has 0 fully saturated rings. The van der Waals surface area contributed by atoms with Crippen molar-refractivity contribution in [3.63, 3.8) is 0 Å². The Bertz CT molecular complexity index is 774. The highest BCUT2D eigenvalue weighted by molar-refractivity contribution is 7.09. The highest BCUT2D eigenvalue weighted by Gasteiger charge is 2.08. The average Bonchev–Trinajstić information content (AvgIpc) is 3.24. The van der Waals surface area contributed by atoms with Crippen LogP contribution >= 0.6 is 11.3 Å². The van der Waals surface area contributed by atoms with Crippen LogP contribution in [-0.2, 0) is 13.2 Å². The zero-order valence-corrected chi connectivity index (χ0v) is 14.0. The number of hydrogen-bond acceptors (Lipinski definition) is 8. The Kier molecular flexibility index (Phi) is 5.12. The Morgan fingerprint density at radius 3 is 2.88 bits per heavy atom. The molecule has 0 saturated heterocycles. The van der Waals surface area contributed by atoms with Crippen LogP contribution in [0.1, 0.15) is 17.4 Å². The molecular formula is C15H18N6O2S. The van der Waals surface area contributed by atoms with E-state index in [1.807, 2.05) is 42.6 Å². The largest absolute Gasteiger partial charge is 0.490 e. The molecule has 0 amide bonds. The number of nitrogens with zero attached hydrogens (tertiary/aromatic N) is 4. The number of ether oxygens (including phenoxy) is 2. The van der Waals surface area contributed by atoms with Gasteiger partial charge < -0.3 is 20.6 Å². The summed E-state index contributed by atoms with van der Waals surface area (Å²) in [6.45, 7) is 3.53. The summed E-state index contributed by atoms with van der Waals surface area (Å²) in [7, 11) is 0. The summed E-state index contributed by atoms with van der Waals surface area (Å²) in [6.07, 6.45) is 0. The second-order valence-corrected chi connectivity index (χ2v) is 5.90. The first-order valence-electron chi connectivity index (χ1n) is 7.45. The Hall–Kier alpha value is -2.81. The Balaban J connectivity index is 1.67. The molecule has 0 aliphatic rings. The molecule has 0 unspecified atom stereocenters. The van der Waals surface area contributed by atoms with Crippen LogP contribution in [0.2, 0.25) is 0 Å². The van der Waals surface area contributed by atoms with Crippen LogP contribution in [0.4, 0.5) is 5.95 Å². The van der Waals surface area contributed by atoms with Crippen LogP contribution in [-0.4, -0.2) is 26.9 Å². The van der Waals surface area contributed by atoms with Gasteiger partial charge in [0.15, 0.2) is 11.5 Å². The third-order valence-electron chi connectivity index (χ3n) is 3.18. The third-order valence-corrected chi connectivity index (χ3v) is 4.03. The van der Waals surface area contributed by atoms with Gasteiger partial charge in [-0.1, -0.05) is 17.2 Å². The predicted octanol–water partition coefficient (Wildman–Crippen LogP) is 2.04. The topological polar surface area (TPSA) is 100 Å². The highest BCUT2D eigenvalue weighted by atomic mass is 32.1. The molecule has 3 rings (SSSR count). The van der Waals surface area contributed by atoms with E-state index in [2.05, 4.69) is 21.0 Å². The number of rotatable bonds is 8. The Morgan fingerprint density at radius 2 is 2.17 bits per heavy atom. The molecule has 24 heavy (non-hydrogen) atoms. The van der Waals surface area contributed by atoms with Gasteiger partial charge in [-0.3, -0.25) is 0 Å². The number of nitrogens with two attached hydrogens (primary N) is 1. The second-order valence-electron chi connectivity index (χ2n) is 4.87. The minimum atomic E-state index is 0.205. The Labute approximate surface area is 143 Å². The fraction of sp³-hybridized carbons (Fsp3) is 0.267. The van der Waals surface area contributed by atoms with Crippen LogP contribution in [0.15, 0.2) is 35.7 Å². The summed E-state index contributed by atoms with van der Waals surface area (Å²) < 4.78 is 11.6. The molecule has 2 heterocycles. The molecule has 9 heteroatoms. The molecule has 2 aromatic heterocycles. The van der Waals surface area contributed by atoms with Gasteiger partial charge in [0, 0.05) is 4.88 Å². The van der Waals surface area contributed by atoms with Crippen molar-refractivity contribution in [3.05, 3.63) is 46.2 Å². The fourth-order valence-corrected chi connectivity index (χ4v) is 2.68. The van der Waals surface area contributed by atoms with Gasteiger partial charge in [0.05, 0.1) is 13.2 Å². The number of hydrogen-bond donors (Lipinski definition) is 2. The lowest BCUT2D eigenvalue weighted by atomic mass is 10.2. The number of anilines is 1. The van der Waals surface area contributed by atoms with Crippen molar-refractivity contribution in [3.8, 4) is 11.5 Å². The summed E-state index contributed by atoms with van der Waals surface area (Å²) in [5, 5.41) is 12.8. The molecule has 0 atom stereocenters. The molecule has 0 saturated carbocycles. The maximum Gasteiger partial charge on any atom is 0.260 e. The van der Waals surface area contributed by atoms with Gasteiger partial charge >= 0.3 is 0 Å². The first-order chi connectivity index (χ1) is 11.8. The van der Waals surface area contributed by atoms with E-state index in [9.17, 15) is 0 Å². The predicted molar refractivity (Wildman–Crippen MR) is 91.6 cm³/mol. The Morgan fingerprint density at radius 1 is 1.25 bits per heavy atom. The molecule has 0 spiro atoms. The molecule has 0 aliphatic heterocycles. The molecule has 0 aliphatic carbocycles. The summed E-state index contributed by atoms with van der Waals surface area (Å²) in [5.41, 5.74) is 9.62. The van der Waals surface area contributed by atoms with Gasteiger partial charge in [-0.25, -0.2) is 0 Å². The standard InChI is InChI=1S/C15H18N6O2S/c1-2-22-14-8-11(9-17-21-15(16)18-19-20-21)5-6-13(14)23-10-12-4-3-7-24-12/h3-8,17H,2,9-10H2,1H3,(H2,16,18,20).